The monoisotopic (exact) mass is 462 g/mol. The molecule has 1 aliphatic carbocycles. The zero-order valence-corrected chi connectivity index (χ0v) is 21.6. The maximum atomic E-state index is 6.17. The summed E-state index contributed by atoms with van der Waals surface area (Å²) in [6.07, 6.45) is 16.4. The molecule has 0 unspecified atom stereocenters. The Morgan fingerprint density at radius 1 is 0.618 bits per heavy atom. The smallest absolute Gasteiger partial charge is 0.106 e. The van der Waals surface area contributed by atoms with E-state index in [0.29, 0.717) is 6.61 Å². The fourth-order valence-corrected chi connectivity index (χ4v) is 5.82. The molecule has 0 N–H and O–H groups in total. The Balaban J connectivity index is 1.25. The normalized spacial score (nSPS) is 25.4. The zero-order valence-electron chi connectivity index (χ0n) is 21.6. The van der Waals surface area contributed by atoms with Gasteiger partial charge in [-0.25, -0.2) is 0 Å². The van der Waals surface area contributed by atoms with E-state index in [-0.39, 0.29) is 12.2 Å². The molecular formula is C32H46O2. The number of hydrogen-bond donors (Lipinski definition) is 0. The van der Waals surface area contributed by atoms with Crippen LogP contribution in [0.2, 0.25) is 0 Å². The number of rotatable bonds is 11. The van der Waals surface area contributed by atoms with Crippen molar-refractivity contribution in [1.82, 2.24) is 0 Å². The van der Waals surface area contributed by atoms with E-state index >= 15 is 0 Å². The van der Waals surface area contributed by atoms with Crippen LogP contribution in [0.4, 0.5) is 0 Å². The van der Waals surface area contributed by atoms with Crippen LogP contribution in [-0.4, -0.2) is 19.3 Å². The molecule has 1 saturated heterocycles. The third-order valence-electron chi connectivity index (χ3n) is 8.16. The molecule has 0 amide bonds. The van der Waals surface area contributed by atoms with Crippen LogP contribution in [0.5, 0.6) is 0 Å². The Bertz CT molecular complexity index is 809. The van der Waals surface area contributed by atoms with Crippen LogP contribution < -0.4 is 0 Å². The van der Waals surface area contributed by atoms with Crippen molar-refractivity contribution in [2.24, 2.45) is 5.92 Å². The Morgan fingerprint density at radius 3 is 1.85 bits per heavy atom. The lowest BCUT2D eigenvalue weighted by molar-refractivity contribution is -0.137. The molecule has 34 heavy (non-hydrogen) atoms. The standard InChI is InChI=1S/C32H46O2/c1-3-5-7-8-10-31-23-34-32(24-33-31)30-21-19-29(20-22-30)28-17-15-27(16-18-28)26-13-11-25(12-14-26)9-6-4-2/h15-22,25-26,31-32H,3-14,23-24H2,1-2H3/t25-,26-,31-,32-/m1/s1. The fourth-order valence-electron chi connectivity index (χ4n) is 5.82. The Hall–Kier alpha value is -1.64. The number of benzene rings is 2. The largest absolute Gasteiger partial charge is 0.373 e. The van der Waals surface area contributed by atoms with Gasteiger partial charge in [-0.2, -0.15) is 0 Å². The molecule has 1 aliphatic heterocycles. The van der Waals surface area contributed by atoms with Crippen molar-refractivity contribution in [1.29, 1.82) is 0 Å². The summed E-state index contributed by atoms with van der Waals surface area (Å²) in [7, 11) is 0. The average molecular weight is 463 g/mol. The first-order chi connectivity index (χ1) is 16.8. The summed E-state index contributed by atoms with van der Waals surface area (Å²) in [5.74, 6) is 1.73. The van der Waals surface area contributed by atoms with Gasteiger partial charge in [-0.05, 0) is 66.2 Å². The molecule has 2 aliphatic rings. The number of unbranched alkanes of at least 4 members (excludes halogenated alkanes) is 4. The van der Waals surface area contributed by atoms with Crippen LogP contribution in [0, 0.1) is 5.92 Å². The van der Waals surface area contributed by atoms with Crippen molar-refractivity contribution in [2.75, 3.05) is 13.2 Å². The minimum atomic E-state index is 0.0655. The van der Waals surface area contributed by atoms with E-state index in [1.54, 1.807) is 0 Å². The highest BCUT2D eigenvalue weighted by Crippen LogP contribution is 2.38. The highest BCUT2D eigenvalue weighted by atomic mass is 16.6. The predicted molar refractivity (Wildman–Crippen MR) is 143 cm³/mol. The second-order valence-electron chi connectivity index (χ2n) is 10.7. The molecule has 1 saturated carbocycles. The van der Waals surface area contributed by atoms with Crippen LogP contribution in [-0.2, 0) is 9.47 Å². The maximum Gasteiger partial charge on any atom is 0.106 e. The summed E-state index contributed by atoms with van der Waals surface area (Å²) in [5.41, 5.74) is 5.35. The molecule has 0 spiro atoms. The highest BCUT2D eigenvalue weighted by molar-refractivity contribution is 5.64. The predicted octanol–water partition coefficient (Wildman–Crippen LogP) is 9.24. The van der Waals surface area contributed by atoms with Gasteiger partial charge in [-0.15, -0.1) is 0 Å². The van der Waals surface area contributed by atoms with Gasteiger partial charge in [0.1, 0.15) is 6.10 Å². The van der Waals surface area contributed by atoms with Gasteiger partial charge in [0, 0.05) is 0 Å². The van der Waals surface area contributed by atoms with Crippen LogP contribution in [0.25, 0.3) is 11.1 Å². The van der Waals surface area contributed by atoms with Crippen LogP contribution in [0.15, 0.2) is 48.5 Å². The molecule has 2 atom stereocenters. The van der Waals surface area contributed by atoms with Crippen LogP contribution in [0.3, 0.4) is 0 Å². The molecule has 0 bridgehead atoms. The first-order valence-corrected chi connectivity index (χ1v) is 14.2. The lowest BCUT2D eigenvalue weighted by atomic mass is 9.77. The first kappa shape index (κ1) is 25.5. The SMILES string of the molecule is CCCCCC[C@@H]1CO[C@@H](c2ccc(-c3ccc([C@H]4CC[C@H](CCCC)CC4)cc3)cc2)CO1. The second kappa shape index (κ2) is 13.4. The van der Waals surface area contributed by atoms with Gasteiger partial charge >= 0.3 is 0 Å². The summed E-state index contributed by atoms with van der Waals surface area (Å²) in [6.45, 7) is 5.96. The molecule has 2 aromatic rings. The summed E-state index contributed by atoms with van der Waals surface area (Å²) < 4.78 is 12.3. The van der Waals surface area contributed by atoms with Crippen LogP contribution >= 0.6 is 0 Å². The van der Waals surface area contributed by atoms with Gasteiger partial charge in [0.05, 0.1) is 19.3 Å². The van der Waals surface area contributed by atoms with Gasteiger partial charge < -0.3 is 9.47 Å². The lowest BCUT2D eigenvalue weighted by Gasteiger charge is -2.30. The number of ether oxygens (including phenoxy) is 2. The van der Waals surface area contributed by atoms with Crippen molar-refractivity contribution in [3.05, 3.63) is 59.7 Å². The van der Waals surface area contributed by atoms with Gasteiger partial charge in [-0.1, -0.05) is 107 Å². The molecule has 4 rings (SSSR count). The fraction of sp³-hybridized carbons (Fsp3) is 0.625. The summed E-state index contributed by atoms with van der Waals surface area (Å²) in [6, 6.07) is 18.3. The molecule has 186 valence electrons. The molecule has 2 nitrogen and oxygen atoms in total. The van der Waals surface area contributed by atoms with E-state index in [0.717, 1.165) is 24.9 Å². The Morgan fingerprint density at radius 2 is 1.26 bits per heavy atom. The average Bonchev–Trinajstić information content (AvgIpc) is 2.91. The number of hydrogen-bond acceptors (Lipinski definition) is 2. The van der Waals surface area contributed by atoms with Gasteiger partial charge in [0.15, 0.2) is 0 Å². The lowest BCUT2D eigenvalue weighted by Crippen LogP contribution is -2.31. The quantitative estimate of drug-likeness (QED) is 0.310. The van der Waals surface area contributed by atoms with Gasteiger partial charge in [0.25, 0.3) is 0 Å². The molecule has 0 radical (unpaired) electrons. The summed E-state index contributed by atoms with van der Waals surface area (Å²) >= 11 is 0. The second-order valence-corrected chi connectivity index (χ2v) is 10.7. The third-order valence-corrected chi connectivity index (χ3v) is 8.16. The van der Waals surface area contributed by atoms with Gasteiger partial charge in [-0.3, -0.25) is 0 Å². The van der Waals surface area contributed by atoms with E-state index in [4.69, 9.17) is 9.47 Å². The topological polar surface area (TPSA) is 18.5 Å². The van der Waals surface area contributed by atoms with Crippen molar-refractivity contribution in [3.8, 4) is 11.1 Å². The van der Waals surface area contributed by atoms with Crippen molar-refractivity contribution >= 4 is 0 Å². The minimum absolute atomic E-state index is 0.0655. The van der Waals surface area contributed by atoms with Crippen molar-refractivity contribution in [2.45, 2.75) is 109 Å². The van der Waals surface area contributed by atoms with E-state index in [2.05, 4.69) is 62.4 Å². The maximum absolute atomic E-state index is 6.17. The Kier molecular flexibility index (Phi) is 10.1. The first-order valence-electron chi connectivity index (χ1n) is 14.2. The zero-order chi connectivity index (χ0) is 23.6. The minimum Gasteiger partial charge on any atom is -0.373 e. The highest BCUT2D eigenvalue weighted by Gasteiger charge is 2.24. The summed E-state index contributed by atoms with van der Waals surface area (Å²) in [5, 5.41) is 0. The van der Waals surface area contributed by atoms with E-state index in [1.807, 2.05) is 0 Å². The molecular weight excluding hydrogens is 416 g/mol. The van der Waals surface area contributed by atoms with E-state index in [9.17, 15) is 0 Å². The molecule has 2 fully saturated rings. The molecule has 2 heteroatoms. The molecule has 2 aromatic carbocycles. The van der Waals surface area contributed by atoms with E-state index in [1.165, 1.54) is 92.9 Å². The van der Waals surface area contributed by atoms with Crippen molar-refractivity contribution in [3.63, 3.8) is 0 Å². The van der Waals surface area contributed by atoms with Gasteiger partial charge in [0.2, 0.25) is 0 Å². The summed E-state index contributed by atoms with van der Waals surface area (Å²) in [4.78, 5) is 0. The molecule has 0 aromatic heterocycles. The van der Waals surface area contributed by atoms with Crippen LogP contribution in [0.1, 0.15) is 114 Å². The van der Waals surface area contributed by atoms with E-state index < -0.39 is 0 Å². The molecule has 1 heterocycles. The Labute approximate surface area is 208 Å². The third kappa shape index (κ3) is 7.18. The van der Waals surface area contributed by atoms with Crippen molar-refractivity contribution < 1.29 is 9.47 Å².